The molecule has 4 aromatic rings. The van der Waals surface area contributed by atoms with Crippen molar-refractivity contribution in [1.29, 1.82) is 0 Å². The summed E-state index contributed by atoms with van der Waals surface area (Å²) in [5, 5.41) is 3.41. The summed E-state index contributed by atoms with van der Waals surface area (Å²) in [5.41, 5.74) is 2.06. The number of aromatic nitrogens is 5. The molecule has 3 heterocycles. The van der Waals surface area contributed by atoms with E-state index < -0.39 is 0 Å². The first-order chi connectivity index (χ1) is 13.2. The van der Waals surface area contributed by atoms with E-state index in [4.69, 9.17) is 0 Å². The van der Waals surface area contributed by atoms with Crippen LogP contribution in [-0.4, -0.2) is 30.8 Å². The van der Waals surface area contributed by atoms with Crippen LogP contribution in [0.1, 0.15) is 15.4 Å². The molecule has 1 amide bonds. The number of anilines is 1. The molecule has 0 aliphatic rings. The van der Waals surface area contributed by atoms with E-state index in [0.717, 1.165) is 5.56 Å². The van der Waals surface area contributed by atoms with Gasteiger partial charge in [0, 0.05) is 18.0 Å². The highest BCUT2D eigenvalue weighted by molar-refractivity contribution is 7.17. The van der Waals surface area contributed by atoms with Crippen LogP contribution in [0.4, 0.5) is 5.69 Å². The molecule has 0 unspecified atom stereocenters. The molecule has 0 spiro atoms. The van der Waals surface area contributed by atoms with E-state index in [-0.39, 0.29) is 5.91 Å². The van der Waals surface area contributed by atoms with Crippen molar-refractivity contribution in [2.45, 2.75) is 6.92 Å². The maximum absolute atomic E-state index is 12.6. The van der Waals surface area contributed by atoms with Gasteiger partial charge < -0.3 is 5.32 Å². The van der Waals surface area contributed by atoms with Gasteiger partial charge in [-0.15, -0.1) is 11.3 Å². The van der Waals surface area contributed by atoms with Gasteiger partial charge in [-0.3, -0.25) is 4.79 Å². The van der Waals surface area contributed by atoms with Gasteiger partial charge in [0.2, 0.25) is 0 Å². The largest absolute Gasteiger partial charge is 0.319 e. The molecule has 0 fully saturated rings. The van der Waals surface area contributed by atoms with Crippen LogP contribution >= 0.6 is 11.3 Å². The average molecular weight is 374 g/mol. The molecule has 0 saturated carbocycles. The van der Waals surface area contributed by atoms with Crippen LogP contribution in [0.15, 0.2) is 61.2 Å². The molecule has 1 N–H and O–H groups in total. The van der Waals surface area contributed by atoms with Gasteiger partial charge in [-0.05, 0) is 13.0 Å². The zero-order chi connectivity index (χ0) is 18.6. The zero-order valence-corrected chi connectivity index (χ0v) is 15.1. The molecule has 8 heteroatoms. The lowest BCUT2D eigenvalue weighted by atomic mass is 10.2. The zero-order valence-electron chi connectivity index (χ0n) is 14.3. The maximum Gasteiger partial charge on any atom is 0.267 e. The number of carbonyl (C=O) groups is 1. The standard InChI is InChI=1S/C19H14N6OS/c1-12-15(27-19(24-12)17-20-8-5-9-21-17)18(26)25-14-10-22-16(23-11-14)13-6-3-2-4-7-13/h2-11H,1H3,(H,25,26). The van der Waals surface area contributed by atoms with Gasteiger partial charge in [0.25, 0.3) is 5.91 Å². The molecule has 0 aliphatic carbocycles. The Morgan fingerprint density at radius 1 is 0.926 bits per heavy atom. The number of aryl methyl sites for hydroxylation is 1. The minimum Gasteiger partial charge on any atom is -0.319 e. The van der Waals surface area contributed by atoms with E-state index in [1.54, 1.807) is 37.8 Å². The third-order valence-electron chi connectivity index (χ3n) is 3.70. The fraction of sp³-hybridized carbons (Fsp3) is 0.0526. The summed E-state index contributed by atoms with van der Waals surface area (Å²) in [6.07, 6.45) is 6.46. The first kappa shape index (κ1) is 16.9. The second kappa shape index (κ2) is 7.38. The third kappa shape index (κ3) is 3.70. The normalized spacial score (nSPS) is 10.6. The Morgan fingerprint density at radius 2 is 1.63 bits per heavy atom. The summed E-state index contributed by atoms with van der Waals surface area (Å²) in [6.45, 7) is 1.78. The van der Waals surface area contributed by atoms with Gasteiger partial charge in [0.15, 0.2) is 16.7 Å². The predicted octanol–water partition coefficient (Wildman–Crippen LogP) is 3.62. The second-order valence-corrected chi connectivity index (χ2v) is 6.62. The van der Waals surface area contributed by atoms with Crippen LogP contribution in [0.3, 0.4) is 0 Å². The second-order valence-electron chi connectivity index (χ2n) is 5.62. The molecule has 4 rings (SSSR count). The minimum absolute atomic E-state index is 0.261. The van der Waals surface area contributed by atoms with Crippen LogP contribution < -0.4 is 5.32 Å². The van der Waals surface area contributed by atoms with Crippen molar-refractivity contribution in [3.05, 3.63) is 71.8 Å². The molecule has 132 valence electrons. The number of nitrogens with zero attached hydrogens (tertiary/aromatic N) is 5. The van der Waals surface area contributed by atoms with E-state index in [1.165, 1.54) is 11.3 Å². The van der Waals surface area contributed by atoms with Gasteiger partial charge in [0.05, 0.1) is 23.8 Å². The molecule has 0 bridgehead atoms. The smallest absolute Gasteiger partial charge is 0.267 e. The Morgan fingerprint density at radius 3 is 2.33 bits per heavy atom. The van der Waals surface area contributed by atoms with Crippen LogP contribution in [0.2, 0.25) is 0 Å². The van der Waals surface area contributed by atoms with Crippen molar-refractivity contribution in [2.75, 3.05) is 5.32 Å². The van der Waals surface area contributed by atoms with E-state index in [0.29, 0.717) is 32.9 Å². The van der Waals surface area contributed by atoms with Crippen LogP contribution in [0, 0.1) is 6.92 Å². The van der Waals surface area contributed by atoms with E-state index in [1.807, 2.05) is 30.3 Å². The van der Waals surface area contributed by atoms with Crippen molar-refractivity contribution in [3.63, 3.8) is 0 Å². The number of benzene rings is 1. The molecule has 27 heavy (non-hydrogen) atoms. The monoisotopic (exact) mass is 374 g/mol. The van der Waals surface area contributed by atoms with E-state index in [2.05, 4.69) is 30.2 Å². The maximum atomic E-state index is 12.6. The van der Waals surface area contributed by atoms with Gasteiger partial charge >= 0.3 is 0 Å². The number of hydrogen-bond donors (Lipinski definition) is 1. The molecule has 1 aromatic carbocycles. The Kier molecular flexibility index (Phi) is 4.63. The quantitative estimate of drug-likeness (QED) is 0.586. The molecular formula is C19H14N6OS. The number of thiazole rings is 1. The molecule has 0 saturated heterocycles. The Balaban J connectivity index is 1.52. The molecule has 0 radical (unpaired) electrons. The van der Waals surface area contributed by atoms with E-state index >= 15 is 0 Å². The SMILES string of the molecule is Cc1nc(-c2ncccn2)sc1C(=O)Nc1cnc(-c2ccccc2)nc1. The fourth-order valence-electron chi connectivity index (χ4n) is 2.43. The highest BCUT2D eigenvalue weighted by Gasteiger charge is 2.18. The molecule has 7 nitrogen and oxygen atoms in total. The minimum atomic E-state index is -0.261. The predicted molar refractivity (Wildman–Crippen MR) is 103 cm³/mol. The fourth-order valence-corrected chi connectivity index (χ4v) is 3.34. The summed E-state index contributed by atoms with van der Waals surface area (Å²) in [7, 11) is 0. The van der Waals surface area contributed by atoms with Crippen LogP contribution in [0.25, 0.3) is 22.2 Å². The highest BCUT2D eigenvalue weighted by atomic mass is 32.1. The Labute approximate surface area is 159 Å². The summed E-state index contributed by atoms with van der Waals surface area (Å²) in [4.78, 5) is 34.5. The Bertz CT molecular complexity index is 1060. The van der Waals surface area contributed by atoms with Gasteiger partial charge in [-0.2, -0.15) is 0 Å². The van der Waals surface area contributed by atoms with Crippen molar-refractivity contribution in [3.8, 4) is 22.2 Å². The topological polar surface area (TPSA) is 93.5 Å². The summed E-state index contributed by atoms with van der Waals surface area (Å²) in [5.74, 6) is 0.842. The third-order valence-corrected chi connectivity index (χ3v) is 4.85. The Hall–Kier alpha value is -3.52. The number of amides is 1. The average Bonchev–Trinajstić information content (AvgIpc) is 3.12. The lowest BCUT2D eigenvalue weighted by Crippen LogP contribution is -2.12. The van der Waals surface area contributed by atoms with Crippen LogP contribution in [-0.2, 0) is 0 Å². The van der Waals surface area contributed by atoms with Crippen molar-refractivity contribution in [2.24, 2.45) is 0 Å². The van der Waals surface area contributed by atoms with Gasteiger partial charge in [-0.25, -0.2) is 24.9 Å². The van der Waals surface area contributed by atoms with Crippen molar-refractivity contribution < 1.29 is 4.79 Å². The lowest BCUT2D eigenvalue weighted by molar-refractivity contribution is 0.102. The number of rotatable bonds is 4. The molecule has 3 aromatic heterocycles. The van der Waals surface area contributed by atoms with Gasteiger partial charge in [-0.1, -0.05) is 30.3 Å². The first-order valence-electron chi connectivity index (χ1n) is 8.14. The molecular weight excluding hydrogens is 360 g/mol. The first-order valence-corrected chi connectivity index (χ1v) is 8.96. The number of nitrogens with one attached hydrogen (secondary N) is 1. The molecule has 0 aliphatic heterocycles. The van der Waals surface area contributed by atoms with Gasteiger partial charge in [0.1, 0.15) is 4.88 Å². The highest BCUT2D eigenvalue weighted by Crippen LogP contribution is 2.26. The number of carbonyl (C=O) groups excluding carboxylic acids is 1. The molecule has 0 atom stereocenters. The van der Waals surface area contributed by atoms with E-state index in [9.17, 15) is 4.79 Å². The lowest BCUT2D eigenvalue weighted by Gasteiger charge is -2.04. The summed E-state index contributed by atoms with van der Waals surface area (Å²) >= 11 is 1.25. The van der Waals surface area contributed by atoms with Crippen molar-refractivity contribution >= 4 is 22.9 Å². The number of hydrogen-bond acceptors (Lipinski definition) is 7. The summed E-state index contributed by atoms with van der Waals surface area (Å²) in [6, 6.07) is 11.4. The van der Waals surface area contributed by atoms with Crippen molar-refractivity contribution in [1.82, 2.24) is 24.9 Å². The van der Waals surface area contributed by atoms with Crippen LogP contribution in [0.5, 0.6) is 0 Å². The summed E-state index contributed by atoms with van der Waals surface area (Å²) < 4.78 is 0.